The van der Waals surface area contributed by atoms with Crippen LogP contribution in [0, 0.1) is 12.8 Å². The Balaban J connectivity index is 1.85. The van der Waals surface area contributed by atoms with Gasteiger partial charge in [-0.2, -0.15) is 0 Å². The van der Waals surface area contributed by atoms with Crippen LogP contribution < -0.4 is 10.6 Å². The first-order valence-electron chi connectivity index (χ1n) is 9.31. The van der Waals surface area contributed by atoms with E-state index >= 15 is 0 Å². The Morgan fingerprint density at radius 1 is 1.08 bits per heavy atom. The van der Waals surface area contributed by atoms with Crippen molar-refractivity contribution in [3.8, 4) is 0 Å². The van der Waals surface area contributed by atoms with Gasteiger partial charge in [-0.3, -0.25) is 14.4 Å². The average Bonchev–Trinajstić information content (AvgIpc) is 3.14. The van der Waals surface area contributed by atoms with E-state index in [0.29, 0.717) is 12.0 Å². The molecule has 0 aliphatic carbocycles. The number of aryl methyl sites for hydroxylation is 1. The van der Waals surface area contributed by atoms with Gasteiger partial charge in [-0.15, -0.1) is 0 Å². The van der Waals surface area contributed by atoms with Gasteiger partial charge in [-0.05, 0) is 37.8 Å². The molecule has 3 amide bonds. The molecule has 1 atom stereocenters. The molecule has 142 valence electrons. The van der Waals surface area contributed by atoms with Crippen molar-refractivity contribution in [1.82, 2.24) is 15.5 Å². The fourth-order valence-corrected chi connectivity index (χ4v) is 2.99. The molecule has 0 saturated carbocycles. The van der Waals surface area contributed by atoms with E-state index in [1.807, 2.05) is 37.8 Å². The lowest BCUT2D eigenvalue weighted by Gasteiger charge is -2.22. The van der Waals surface area contributed by atoms with Gasteiger partial charge in [0.15, 0.2) is 0 Å². The number of benzene rings is 1. The Bertz CT molecular complexity index is 634. The molecular formula is C20H29N3O3. The van der Waals surface area contributed by atoms with Crippen molar-refractivity contribution >= 4 is 17.7 Å². The SMILES string of the molecule is Cc1ccc(C(=O)NC(C(=O)NCCC(=O)N2CCCC2)C(C)C)cc1. The van der Waals surface area contributed by atoms with E-state index in [0.717, 1.165) is 31.5 Å². The molecule has 2 N–H and O–H groups in total. The second-order valence-corrected chi connectivity index (χ2v) is 7.19. The van der Waals surface area contributed by atoms with Crippen molar-refractivity contribution in [2.45, 2.75) is 46.1 Å². The highest BCUT2D eigenvalue weighted by molar-refractivity contribution is 5.97. The maximum Gasteiger partial charge on any atom is 0.251 e. The van der Waals surface area contributed by atoms with Crippen LogP contribution in [-0.4, -0.2) is 48.3 Å². The number of amides is 3. The van der Waals surface area contributed by atoms with Crippen LogP contribution >= 0.6 is 0 Å². The predicted octanol–water partition coefficient (Wildman–Crippen LogP) is 1.88. The Hall–Kier alpha value is -2.37. The summed E-state index contributed by atoms with van der Waals surface area (Å²) in [5, 5.41) is 5.58. The van der Waals surface area contributed by atoms with Gasteiger partial charge >= 0.3 is 0 Å². The third kappa shape index (κ3) is 5.58. The lowest BCUT2D eigenvalue weighted by atomic mass is 10.0. The molecule has 0 spiro atoms. The van der Waals surface area contributed by atoms with E-state index < -0.39 is 6.04 Å². The molecule has 1 saturated heterocycles. The van der Waals surface area contributed by atoms with Crippen molar-refractivity contribution in [3.63, 3.8) is 0 Å². The van der Waals surface area contributed by atoms with Crippen molar-refractivity contribution in [2.75, 3.05) is 19.6 Å². The summed E-state index contributed by atoms with van der Waals surface area (Å²) in [6.07, 6.45) is 2.40. The fraction of sp³-hybridized carbons (Fsp3) is 0.550. The van der Waals surface area contributed by atoms with Crippen molar-refractivity contribution in [2.24, 2.45) is 5.92 Å². The lowest BCUT2D eigenvalue weighted by Crippen LogP contribution is -2.50. The minimum Gasteiger partial charge on any atom is -0.354 e. The Kier molecular flexibility index (Phi) is 7.18. The van der Waals surface area contributed by atoms with Crippen molar-refractivity contribution < 1.29 is 14.4 Å². The zero-order valence-electron chi connectivity index (χ0n) is 15.9. The van der Waals surface area contributed by atoms with Gasteiger partial charge in [0.05, 0.1) is 0 Å². The molecule has 1 aliphatic rings. The zero-order chi connectivity index (χ0) is 19.1. The maximum absolute atomic E-state index is 12.5. The summed E-state index contributed by atoms with van der Waals surface area (Å²) in [7, 11) is 0. The molecule has 1 heterocycles. The standard InChI is InChI=1S/C20H29N3O3/c1-14(2)18(22-19(25)16-8-6-15(3)7-9-16)20(26)21-11-10-17(24)23-12-4-5-13-23/h6-9,14,18H,4-5,10-13H2,1-3H3,(H,21,26)(H,22,25). The average molecular weight is 359 g/mol. The largest absolute Gasteiger partial charge is 0.354 e. The molecule has 0 aromatic heterocycles. The molecule has 1 aromatic rings. The van der Waals surface area contributed by atoms with E-state index in [1.54, 1.807) is 12.1 Å². The van der Waals surface area contributed by atoms with Crippen LogP contribution in [0.4, 0.5) is 0 Å². The molecule has 1 fully saturated rings. The second kappa shape index (κ2) is 9.36. The van der Waals surface area contributed by atoms with E-state index in [2.05, 4.69) is 10.6 Å². The molecule has 1 aromatic carbocycles. The minimum atomic E-state index is -0.634. The number of nitrogens with one attached hydrogen (secondary N) is 2. The Morgan fingerprint density at radius 3 is 2.27 bits per heavy atom. The third-order valence-corrected chi connectivity index (χ3v) is 4.65. The van der Waals surface area contributed by atoms with E-state index in [-0.39, 0.29) is 30.2 Å². The highest BCUT2D eigenvalue weighted by atomic mass is 16.2. The number of hydrogen-bond acceptors (Lipinski definition) is 3. The van der Waals surface area contributed by atoms with Gasteiger partial charge in [0.25, 0.3) is 5.91 Å². The Labute approximate surface area is 155 Å². The first kappa shape index (κ1) is 19.9. The van der Waals surface area contributed by atoms with Crippen molar-refractivity contribution in [3.05, 3.63) is 35.4 Å². The summed E-state index contributed by atoms with van der Waals surface area (Å²) in [6.45, 7) is 7.64. The molecular weight excluding hydrogens is 330 g/mol. The molecule has 2 rings (SSSR count). The smallest absolute Gasteiger partial charge is 0.251 e. The summed E-state index contributed by atoms with van der Waals surface area (Å²) in [6, 6.07) is 6.58. The van der Waals surface area contributed by atoms with Gasteiger partial charge in [-0.1, -0.05) is 31.5 Å². The summed E-state index contributed by atoms with van der Waals surface area (Å²) >= 11 is 0. The molecule has 26 heavy (non-hydrogen) atoms. The second-order valence-electron chi connectivity index (χ2n) is 7.19. The molecule has 6 heteroatoms. The van der Waals surface area contributed by atoms with Crippen LogP contribution in [0.15, 0.2) is 24.3 Å². The van der Waals surface area contributed by atoms with Gasteiger partial charge < -0.3 is 15.5 Å². The zero-order valence-corrected chi connectivity index (χ0v) is 15.9. The van der Waals surface area contributed by atoms with Crippen LogP contribution in [0.3, 0.4) is 0 Å². The fourth-order valence-electron chi connectivity index (χ4n) is 2.99. The molecule has 0 bridgehead atoms. The maximum atomic E-state index is 12.5. The number of carbonyl (C=O) groups excluding carboxylic acids is 3. The molecule has 1 unspecified atom stereocenters. The summed E-state index contributed by atoms with van der Waals surface area (Å²) in [4.78, 5) is 38.7. The first-order chi connectivity index (χ1) is 12.4. The van der Waals surface area contributed by atoms with Crippen LogP contribution in [0.2, 0.25) is 0 Å². The molecule has 6 nitrogen and oxygen atoms in total. The predicted molar refractivity (Wildman–Crippen MR) is 101 cm³/mol. The van der Waals surface area contributed by atoms with Crippen LogP contribution in [-0.2, 0) is 9.59 Å². The third-order valence-electron chi connectivity index (χ3n) is 4.65. The number of likely N-dealkylation sites (tertiary alicyclic amines) is 1. The van der Waals surface area contributed by atoms with Gasteiger partial charge in [0, 0.05) is 31.6 Å². The lowest BCUT2D eigenvalue weighted by molar-refractivity contribution is -0.130. The van der Waals surface area contributed by atoms with Crippen LogP contribution in [0.1, 0.15) is 49.0 Å². The number of hydrogen-bond donors (Lipinski definition) is 2. The van der Waals surface area contributed by atoms with E-state index in [1.165, 1.54) is 0 Å². The summed E-state index contributed by atoms with van der Waals surface area (Å²) in [5.41, 5.74) is 1.60. The van der Waals surface area contributed by atoms with E-state index in [9.17, 15) is 14.4 Å². The molecule has 0 radical (unpaired) electrons. The highest BCUT2D eigenvalue weighted by Gasteiger charge is 2.25. The normalized spacial score (nSPS) is 15.0. The van der Waals surface area contributed by atoms with Gasteiger partial charge in [0.2, 0.25) is 11.8 Å². The first-order valence-corrected chi connectivity index (χ1v) is 9.31. The summed E-state index contributed by atoms with van der Waals surface area (Å²) < 4.78 is 0. The summed E-state index contributed by atoms with van der Waals surface area (Å²) in [5.74, 6) is -0.507. The molecule has 1 aliphatic heterocycles. The monoisotopic (exact) mass is 359 g/mol. The van der Waals surface area contributed by atoms with E-state index in [4.69, 9.17) is 0 Å². The number of rotatable bonds is 7. The quantitative estimate of drug-likeness (QED) is 0.780. The van der Waals surface area contributed by atoms with Crippen molar-refractivity contribution in [1.29, 1.82) is 0 Å². The topological polar surface area (TPSA) is 78.5 Å². The number of carbonyl (C=O) groups is 3. The highest BCUT2D eigenvalue weighted by Crippen LogP contribution is 2.09. The Morgan fingerprint density at radius 2 is 1.69 bits per heavy atom. The number of nitrogens with zero attached hydrogens (tertiary/aromatic N) is 1. The van der Waals surface area contributed by atoms with Crippen LogP contribution in [0.25, 0.3) is 0 Å². The van der Waals surface area contributed by atoms with Gasteiger partial charge in [-0.25, -0.2) is 0 Å². The van der Waals surface area contributed by atoms with Crippen LogP contribution in [0.5, 0.6) is 0 Å². The van der Waals surface area contributed by atoms with Gasteiger partial charge in [0.1, 0.15) is 6.04 Å². The minimum absolute atomic E-state index is 0.0568.